The third kappa shape index (κ3) is 5.45. The molecule has 0 saturated heterocycles. The summed E-state index contributed by atoms with van der Waals surface area (Å²) in [6.45, 7) is 5.37. The first-order valence-electron chi connectivity index (χ1n) is 13.4. The highest BCUT2D eigenvalue weighted by molar-refractivity contribution is 6.35. The van der Waals surface area contributed by atoms with Gasteiger partial charge < -0.3 is 10.5 Å². The van der Waals surface area contributed by atoms with Crippen molar-refractivity contribution < 1.29 is 14.3 Å². The van der Waals surface area contributed by atoms with Gasteiger partial charge in [-0.2, -0.15) is 0 Å². The predicted octanol–water partition coefficient (Wildman–Crippen LogP) is 6.69. The molecule has 5 aromatic rings. The molecule has 6 rings (SSSR count). The zero-order valence-electron chi connectivity index (χ0n) is 22.9. The molecule has 2 aromatic carbocycles. The number of rotatable bonds is 6. The van der Waals surface area contributed by atoms with Crippen LogP contribution < -0.4 is 11.1 Å². The average Bonchev–Trinajstić information content (AvgIpc) is 3.65. The van der Waals surface area contributed by atoms with Gasteiger partial charge in [-0.1, -0.05) is 23.7 Å². The molecule has 2 amide bonds. The number of carbonyl (C=O) groups is 2. The highest BCUT2D eigenvalue weighted by Crippen LogP contribution is 2.38. The molecule has 1 aliphatic rings. The van der Waals surface area contributed by atoms with Crippen molar-refractivity contribution in [3.05, 3.63) is 77.3 Å². The number of ether oxygens (including phenoxy) is 1. The lowest BCUT2D eigenvalue weighted by molar-refractivity contribution is 0.0635. The number of aromatic nitrogens is 4. The number of anilines is 1. The Morgan fingerprint density at radius 1 is 1.05 bits per heavy atom. The van der Waals surface area contributed by atoms with Crippen molar-refractivity contribution in [3.8, 4) is 16.8 Å². The lowest BCUT2D eigenvalue weighted by atomic mass is 10.0. The van der Waals surface area contributed by atoms with Gasteiger partial charge in [0, 0.05) is 24.2 Å². The predicted molar refractivity (Wildman–Crippen MR) is 159 cm³/mol. The summed E-state index contributed by atoms with van der Waals surface area (Å²) in [7, 11) is 0. The number of nitrogens with one attached hydrogen (secondary N) is 1. The Bertz CT molecular complexity index is 1840. The second kappa shape index (κ2) is 10.2. The van der Waals surface area contributed by atoms with Crippen molar-refractivity contribution in [1.82, 2.24) is 19.5 Å². The Labute approximate surface area is 241 Å². The number of imidazole rings is 1. The maximum atomic E-state index is 12.8. The summed E-state index contributed by atoms with van der Waals surface area (Å²) < 4.78 is 7.45. The van der Waals surface area contributed by atoms with Gasteiger partial charge >= 0.3 is 6.09 Å². The highest BCUT2D eigenvalue weighted by atomic mass is 35.5. The first-order chi connectivity index (χ1) is 19.6. The number of hydrogen-bond acceptors (Lipinski definition) is 6. The largest absolute Gasteiger partial charge is 0.444 e. The third-order valence-corrected chi connectivity index (χ3v) is 7.23. The molecule has 3 heterocycles. The van der Waals surface area contributed by atoms with Crippen LogP contribution in [0.5, 0.6) is 0 Å². The number of amides is 2. The quantitative estimate of drug-likeness (QED) is 0.235. The number of fused-ring (bicyclic) bond motifs is 2. The summed E-state index contributed by atoms with van der Waals surface area (Å²) >= 11 is 6.51. The Kier molecular flexibility index (Phi) is 6.62. The van der Waals surface area contributed by atoms with E-state index in [0.29, 0.717) is 33.4 Å². The second-order valence-corrected chi connectivity index (χ2v) is 11.7. The monoisotopic (exact) mass is 568 g/mol. The first kappa shape index (κ1) is 26.7. The molecule has 1 fully saturated rings. The molecular formula is C31H29ClN6O3. The van der Waals surface area contributed by atoms with Crippen molar-refractivity contribution >= 4 is 51.4 Å². The highest BCUT2D eigenvalue weighted by Gasteiger charge is 2.27. The van der Waals surface area contributed by atoms with Crippen molar-refractivity contribution in [1.29, 1.82) is 0 Å². The molecule has 0 atom stereocenters. The smallest absolute Gasteiger partial charge is 0.413 e. The number of halogens is 1. The number of nitrogens with zero attached hydrogens (tertiary/aromatic N) is 4. The van der Waals surface area contributed by atoms with Gasteiger partial charge in [0.1, 0.15) is 22.8 Å². The van der Waals surface area contributed by atoms with Crippen molar-refractivity contribution in [3.63, 3.8) is 0 Å². The van der Waals surface area contributed by atoms with Crippen molar-refractivity contribution in [2.75, 3.05) is 5.32 Å². The molecule has 208 valence electrons. The van der Waals surface area contributed by atoms with Gasteiger partial charge in [0.15, 0.2) is 0 Å². The first-order valence-corrected chi connectivity index (χ1v) is 13.8. The van der Waals surface area contributed by atoms with Gasteiger partial charge in [-0.25, -0.2) is 14.8 Å². The summed E-state index contributed by atoms with van der Waals surface area (Å²) in [5.41, 5.74) is 9.83. The number of para-hydroxylation sites is 1. The number of pyridine rings is 2. The molecule has 0 spiro atoms. The van der Waals surface area contributed by atoms with Crippen LogP contribution in [0.4, 0.5) is 10.6 Å². The van der Waals surface area contributed by atoms with E-state index in [1.54, 1.807) is 51.4 Å². The van der Waals surface area contributed by atoms with Crippen molar-refractivity contribution in [2.24, 2.45) is 11.7 Å². The molecule has 1 aliphatic carbocycles. The van der Waals surface area contributed by atoms with Gasteiger partial charge in [-0.05, 0) is 87.1 Å². The minimum Gasteiger partial charge on any atom is -0.444 e. The molecule has 1 saturated carbocycles. The number of benzene rings is 2. The van der Waals surface area contributed by atoms with E-state index in [-0.39, 0.29) is 0 Å². The van der Waals surface area contributed by atoms with Gasteiger partial charge in [0.25, 0.3) is 5.91 Å². The van der Waals surface area contributed by atoms with E-state index in [4.69, 9.17) is 27.1 Å². The van der Waals surface area contributed by atoms with Crippen LogP contribution in [0.25, 0.3) is 38.8 Å². The Morgan fingerprint density at radius 3 is 2.56 bits per heavy atom. The van der Waals surface area contributed by atoms with Crippen LogP contribution in [0.1, 0.15) is 49.8 Å². The Hall–Kier alpha value is -4.50. The second-order valence-electron chi connectivity index (χ2n) is 11.3. The molecule has 0 bridgehead atoms. The Morgan fingerprint density at radius 2 is 1.83 bits per heavy atom. The van der Waals surface area contributed by atoms with Gasteiger partial charge in [0.05, 0.1) is 27.3 Å². The van der Waals surface area contributed by atoms with Crippen LogP contribution in [0.15, 0.2) is 60.9 Å². The number of hydrogen-bond donors (Lipinski definition) is 2. The molecule has 10 heteroatoms. The van der Waals surface area contributed by atoms with Gasteiger partial charge in [-0.15, -0.1) is 0 Å². The number of primary amides is 1. The lowest BCUT2D eigenvalue weighted by Gasteiger charge is -2.19. The number of carbonyl (C=O) groups excluding carboxylic acids is 2. The van der Waals surface area contributed by atoms with Crippen LogP contribution in [0, 0.1) is 5.92 Å². The fourth-order valence-corrected chi connectivity index (χ4v) is 5.20. The molecule has 9 nitrogen and oxygen atoms in total. The maximum Gasteiger partial charge on any atom is 0.413 e. The standard InChI is InChI=1S/C31H29ClN6O3/c1-31(2,3)41-30(40)36-25-16-18(9-11-34-25)19-14-21(29(33)39)28-24(15-19)38(26(37-28)13-17-7-8-17)23-10-12-35-27-20(23)5-4-6-22(27)32/h4-6,9-12,14-17H,7-8,13H2,1-3H3,(H2,33,39)(H,34,36,40). The molecule has 0 unspecified atom stereocenters. The molecule has 3 aromatic heterocycles. The van der Waals surface area contributed by atoms with Crippen LogP contribution in [-0.4, -0.2) is 37.1 Å². The summed E-state index contributed by atoms with van der Waals surface area (Å²) in [6.07, 6.45) is 5.76. The van der Waals surface area contributed by atoms with Crippen LogP contribution in [0.2, 0.25) is 5.02 Å². The third-order valence-electron chi connectivity index (χ3n) is 6.93. The zero-order valence-corrected chi connectivity index (χ0v) is 23.7. The summed E-state index contributed by atoms with van der Waals surface area (Å²) in [5, 5.41) is 4.10. The Balaban J connectivity index is 1.54. The van der Waals surface area contributed by atoms with E-state index in [2.05, 4.69) is 19.9 Å². The summed E-state index contributed by atoms with van der Waals surface area (Å²) in [4.78, 5) is 38.9. The summed E-state index contributed by atoms with van der Waals surface area (Å²) in [5.74, 6) is 1.12. The zero-order chi connectivity index (χ0) is 28.9. The van der Waals surface area contributed by atoms with E-state index in [1.165, 1.54) is 0 Å². The fourth-order valence-electron chi connectivity index (χ4n) is 4.97. The fraction of sp³-hybridized carbons (Fsp3) is 0.258. The molecular weight excluding hydrogens is 540 g/mol. The van der Waals surface area contributed by atoms with E-state index in [1.807, 2.05) is 30.3 Å². The van der Waals surface area contributed by atoms with Gasteiger partial charge in [0.2, 0.25) is 0 Å². The lowest BCUT2D eigenvalue weighted by Crippen LogP contribution is -2.27. The van der Waals surface area contributed by atoms with E-state index < -0.39 is 17.6 Å². The average molecular weight is 569 g/mol. The van der Waals surface area contributed by atoms with Crippen LogP contribution in [-0.2, 0) is 11.2 Å². The molecule has 3 N–H and O–H groups in total. The molecule has 0 aliphatic heterocycles. The molecule has 0 radical (unpaired) electrons. The van der Waals surface area contributed by atoms with Crippen LogP contribution in [0.3, 0.4) is 0 Å². The van der Waals surface area contributed by atoms with Gasteiger partial charge in [-0.3, -0.25) is 19.7 Å². The minimum atomic E-state index is -0.652. The van der Waals surface area contributed by atoms with Crippen LogP contribution >= 0.6 is 11.6 Å². The molecule has 41 heavy (non-hydrogen) atoms. The van der Waals surface area contributed by atoms with E-state index in [0.717, 1.165) is 52.8 Å². The minimum absolute atomic E-state index is 0.308. The van der Waals surface area contributed by atoms with E-state index in [9.17, 15) is 9.59 Å². The topological polar surface area (TPSA) is 125 Å². The van der Waals surface area contributed by atoms with Crippen molar-refractivity contribution in [2.45, 2.75) is 45.6 Å². The normalized spacial score (nSPS) is 13.5. The summed E-state index contributed by atoms with van der Waals surface area (Å²) in [6, 6.07) is 14.9. The SMILES string of the molecule is CC(C)(C)OC(=O)Nc1cc(-c2cc(C(N)=O)c3nc(CC4CC4)n(-c4ccnc5c(Cl)cccc45)c3c2)ccn1. The maximum absolute atomic E-state index is 12.8. The number of nitrogens with two attached hydrogens (primary N) is 1. The van der Waals surface area contributed by atoms with E-state index >= 15 is 0 Å².